The number of carbonyl (C=O) groups is 2. The Bertz CT molecular complexity index is 484. The zero-order valence-corrected chi connectivity index (χ0v) is 14.6. The highest BCUT2D eigenvalue weighted by molar-refractivity contribution is 6.69. The molecule has 1 N–H and O–H groups in total. The highest BCUT2D eigenvalue weighted by atomic mass is 28.4. The van der Waals surface area contributed by atoms with Gasteiger partial charge in [0, 0.05) is 0 Å². The molecule has 0 bridgehead atoms. The molecule has 0 saturated heterocycles. The summed E-state index contributed by atoms with van der Waals surface area (Å²) >= 11 is 0. The lowest BCUT2D eigenvalue weighted by Gasteiger charge is -2.28. The molecule has 0 saturated carbocycles. The van der Waals surface area contributed by atoms with Crippen LogP contribution in [-0.4, -0.2) is 34.5 Å². The molecule has 0 heterocycles. The van der Waals surface area contributed by atoms with Gasteiger partial charge in [-0.3, -0.25) is 9.59 Å². The SMILES string of the molecule is COC(=O)C(C(=O)OC)C(NO[Si](C)(C)C)c1ccccc1. The second-order valence-corrected chi connectivity index (χ2v) is 10.2. The van der Waals surface area contributed by atoms with Crippen molar-refractivity contribution >= 4 is 20.3 Å². The van der Waals surface area contributed by atoms with Crippen LogP contribution >= 0.6 is 0 Å². The molecule has 0 aliphatic heterocycles. The van der Waals surface area contributed by atoms with Crippen LogP contribution < -0.4 is 5.48 Å². The van der Waals surface area contributed by atoms with E-state index in [0.29, 0.717) is 0 Å². The lowest BCUT2D eigenvalue weighted by atomic mass is 9.93. The molecular weight excluding hydrogens is 302 g/mol. The van der Waals surface area contributed by atoms with Crippen molar-refractivity contribution in [3.8, 4) is 0 Å². The number of ether oxygens (including phenoxy) is 2. The van der Waals surface area contributed by atoms with Crippen molar-refractivity contribution in [1.82, 2.24) is 5.48 Å². The first-order valence-corrected chi connectivity index (χ1v) is 10.3. The van der Waals surface area contributed by atoms with Gasteiger partial charge < -0.3 is 14.0 Å². The first kappa shape index (κ1) is 18.3. The van der Waals surface area contributed by atoms with E-state index in [1.54, 1.807) is 0 Å². The zero-order valence-electron chi connectivity index (χ0n) is 13.6. The van der Waals surface area contributed by atoms with Gasteiger partial charge in [0.25, 0.3) is 0 Å². The van der Waals surface area contributed by atoms with E-state index in [1.165, 1.54) is 14.2 Å². The first-order valence-electron chi connectivity index (χ1n) is 6.94. The van der Waals surface area contributed by atoms with Crippen molar-refractivity contribution in [1.29, 1.82) is 0 Å². The summed E-state index contributed by atoms with van der Waals surface area (Å²) in [7, 11) is 0.568. The van der Waals surface area contributed by atoms with Crippen LogP contribution in [0.25, 0.3) is 0 Å². The number of benzene rings is 1. The summed E-state index contributed by atoms with van der Waals surface area (Å²) in [5.41, 5.74) is 3.60. The smallest absolute Gasteiger partial charge is 0.322 e. The Morgan fingerprint density at radius 3 is 1.91 bits per heavy atom. The zero-order chi connectivity index (χ0) is 16.8. The Labute approximate surface area is 131 Å². The van der Waals surface area contributed by atoms with Crippen molar-refractivity contribution in [2.75, 3.05) is 14.2 Å². The van der Waals surface area contributed by atoms with Crippen molar-refractivity contribution < 1.29 is 23.6 Å². The van der Waals surface area contributed by atoms with E-state index in [2.05, 4.69) is 5.48 Å². The highest BCUT2D eigenvalue weighted by Gasteiger charge is 2.39. The number of methoxy groups -OCH3 is 2. The summed E-state index contributed by atoms with van der Waals surface area (Å²) in [4.78, 5) is 24.1. The quantitative estimate of drug-likeness (QED) is 0.358. The maximum Gasteiger partial charge on any atom is 0.322 e. The molecule has 0 aliphatic rings. The van der Waals surface area contributed by atoms with Crippen LogP contribution in [0.15, 0.2) is 30.3 Å². The van der Waals surface area contributed by atoms with Gasteiger partial charge in [-0.1, -0.05) is 30.3 Å². The second-order valence-electron chi connectivity index (χ2n) is 5.74. The normalized spacial score (nSPS) is 12.8. The number of carbonyl (C=O) groups excluding carboxylic acids is 2. The molecule has 22 heavy (non-hydrogen) atoms. The Hall–Kier alpha value is -1.70. The largest absolute Gasteiger partial charge is 0.468 e. The maximum atomic E-state index is 12.0. The molecule has 0 fully saturated rings. The Morgan fingerprint density at radius 2 is 1.50 bits per heavy atom. The molecule has 6 nitrogen and oxygen atoms in total. The Kier molecular flexibility index (Phi) is 6.73. The summed E-state index contributed by atoms with van der Waals surface area (Å²) in [5.74, 6) is -2.49. The van der Waals surface area contributed by atoms with Gasteiger partial charge in [0.2, 0.25) is 8.32 Å². The molecule has 1 rings (SSSR count). The summed E-state index contributed by atoms with van der Waals surface area (Å²) in [6, 6.07) is 8.43. The highest BCUT2D eigenvalue weighted by Crippen LogP contribution is 2.25. The van der Waals surface area contributed by atoms with Crippen molar-refractivity contribution in [2.45, 2.75) is 25.7 Å². The van der Waals surface area contributed by atoms with E-state index in [1.807, 2.05) is 50.0 Å². The number of rotatable bonds is 7. The van der Waals surface area contributed by atoms with Crippen LogP contribution in [0.3, 0.4) is 0 Å². The average molecular weight is 325 g/mol. The minimum atomic E-state index is -1.90. The Morgan fingerprint density at radius 1 is 1.00 bits per heavy atom. The molecule has 0 amide bonds. The predicted octanol–water partition coefficient (Wildman–Crippen LogP) is 2.05. The van der Waals surface area contributed by atoms with Gasteiger partial charge in [-0.15, -0.1) is 0 Å². The fourth-order valence-corrected chi connectivity index (χ4v) is 2.33. The number of hydroxylamine groups is 1. The number of esters is 2. The fourth-order valence-electron chi connectivity index (χ4n) is 1.85. The predicted molar refractivity (Wildman–Crippen MR) is 84.3 cm³/mol. The van der Waals surface area contributed by atoms with E-state index in [-0.39, 0.29) is 0 Å². The molecule has 1 atom stereocenters. The van der Waals surface area contributed by atoms with Gasteiger partial charge in [0.1, 0.15) is 0 Å². The summed E-state index contributed by atoms with van der Waals surface area (Å²) in [5, 5.41) is 0. The molecular formula is C15H23NO5Si. The minimum absolute atomic E-state index is 0.674. The number of hydrogen-bond donors (Lipinski definition) is 1. The lowest BCUT2D eigenvalue weighted by molar-refractivity contribution is -0.161. The molecule has 7 heteroatoms. The lowest BCUT2D eigenvalue weighted by Crippen LogP contribution is -2.43. The average Bonchev–Trinajstić information content (AvgIpc) is 2.50. The van der Waals surface area contributed by atoms with E-state index >= 15 is 0 Å². The van der Waals surface area contributed by atoms with Gasteiger partial charge in [-0.25, -0.2) is 5.48 Å². The Balaban J connectivity index is 3.15. The second kappa shape index (κ2) is 8.07. The standard InChI is InChI=1S/C15H23NO5Si/c1-19-14(17)12(15(18)20-2)13(16-21-22(3,4)5)11-9-7-6-8-10-11/h6-10,12-13,16H,1-5H3. The van der Waals surface area contributed by atoms with E-state index in [4.69, 9.17) is 14.0 Å². The van der Waals surface area contributed by atoms with Crippen LogP contribution in [0.1, 0.15) is 11.6 Å². The van der Waals surface area contributed by atoms with Gasteiger partial charge in [-0.2, -0.15) is 0 Å². The fraction of sp³-hybridized carbons (Fsp3) is 0.467. The molecule has 0 radical (unpaired) electrons. The van der Waals surface area contributed by atoms with Gasteiger partial charge >= 0.3 is 11.9 Å². The van der Waals surface area contributed by atoms with Crippen LogP contribution in [-0.2, 0) is 23.6 Å². The molecule has 122 valence electrons. The molecule has 0 aliphatic carbocycles. The topological polar surface area (TPSA) is 73.9 Å². The molecule has 1 aromatic rings. The first-order chi connectivity index (χ1) is 10.3. The van der Waals surface area contributed by atoms with Crippen molar-refractivity contribution in [3.63, 3.8) is 0 Å². The molecule has 0 spiro atoms. The third-order valence-corrected chi connectivity index (χ3v) is 3.62. The summed E-state index contributed by atoms with van der Waals surface area (Å²) in [6.07, 6.45) is 0. The van der Waals surface area contributed by atoms with Gasteiger partial charge in [0.05, 0.1) is 20.3 Å². The van der Waals surface area contributed by atoms with Crippen LogP contribution in [0, 0.1) is 5.92 Å². The van der Waals surface area contributed by atoms with Crippen molar-refractivity contribution in [3.05, 3.63) is 35.9 Å². The van der Waals surface area contributed by atoms with Gasteiger partial charge in [0.15, 0.2) is 5.92 Å². The minimum Gasteiger partial charge on any atom is -0.468 e. The monoisotopic (exact) mass is 325 g/mol. The summed E-state index contributed by atoms with van der Waals surface area (Å²) in [6.45, 7) is 5.98. The third kappa shape index (κ3) is 5.25. The molecule has 1 unspecified atom stereocenters. The number of hydrogen-bond acceptors (Lipinski definition) is 6. The van der Waals surface area contributed by atoms with Crippen molar-refractivity contribution in [2.24, 2.45) is 5.92 Å². The van der Waals surface area contributed by atoms with Gasteiger partial charge in [-0.05, 0) is 25.2 Å². The summed E-state index contributed by atoms with van der Waals surface area (Å²) < 4.78 is 15.2. The maximum absolute atomic E-state index is 12.0. The van der Waals surface area contributed by atoms with Crippen LogP contribution in [0.5, 0.6) is 0 Å². The van der Waals surface area contributed by atoms with Crippen LogP contribution in [0.2, 0.25) is 19.6 Å². The molecule has 1 aromatic carbocycles. The third-order valence-electron chi connectivity index (χ3n) is 2.89. The number of nitrogens with one attached hydrogen (secondary N) is 1. The van der Waals surface area contributed by atoms with E-state index < -0.39 is 32.2 Å². The molecule has 0 aromatic heterocycles. The van der Waals surface area contributed by atoms with E-state index in [9.17, 15) is 9.59 Å². The van der Waals surface area contributed by atoms with E-state index in [0.717, 1.165) is 5.56 Å². The van der Waals surface area contributed by atoms with Crippen LogP contribution in [0.4, 0.5) is 0 Å².